The highest BCUT2D eigenvalue weighted by atomic mass is 15.1. The number of imidazole rings is 1. The van der Waals surface area contributed by atoms with E-state index in [1.54, 1.807) is 0 Å². The van der Waals surface area contributed by atoms with E-state index in [2.05, 4.69) is 48.5 Å². The zero-order valence-electron chi connectivity index (χ0n) is 10.2. The molecule has 0 aliphatic rings. The Bertz CT molecular complexity index is 499. The van der Waals surface area contributed by atoms with E-state index in [1.807, 2.05) is 0 Å². The molecule has 0 aliphatic carbocycles. The first-order chi connectivity index (χ1) is 7.67. The highest BCUT2D eigenvalue weighted by molar-refractivity contribution is 5.77. The normalized spacial score (nSPS) is 13.2. The first-order valence-corrected chi connectivity index (χ1v) is 5.85. The van der Waals surface area contributed by atoms with E-state index in [-0.39, 0.29) is 0 Å². The lowest BCUT2D eigenvalue weighted by Gasteiger charge is -2.14. The van der Waals surface area contributed by atoms with Gasteiger partial charge in [0.25, 0.3) is 0 Å². The van der Waals surface area contributed by atoms with Gasteiger partial charge in [0.1, 0.15) is 5.82 Å². The molecule has 1 aromatic carbocycles. The molecule has 2 aromatic rings. The summed E-state index contributed by atoms with van der Waals surface area (Å²) in [5.74, 6) is 1.08. The third-order valence-electron chi connectivity index (χ3n) is 3.20. The molecule has 0 fully saturated rings. The Morgan fingerprint density at radius 2 is 2.19 bits per heavy atom. The number of aromatic nitrogens is 2. The third-order valence-corrected chi connectivity index (χ3v) is 3.20. The smallest absolute Gasteiger partial charge is 0.106 e. The van der Waals surface area contributed by atoms with Crippen LogP contribution in [0.2, 0.25) is 0 Å². The average Bonchev–Trinajstić information content (AvgIpc) is 2.62. The molecular formula is C13H19N3. The van der Waals surface area contributed by atoms with Crippen molar-refractivity contribution in [3.05, 3.63) is 29.6 Å². The molecule has 0 radical (unpaired) electrons. The Balaban J connectivity index is 2.62. The monoisotopic (exact) mass is 217 g/mol. The first-order valence-electron chi connectivity index (χ1n) is 5.85. The summed E-state index contributed by atoms with van der Waals surface area (Å²) in [7, 11) is 0. The number of benzene rings is 1. The second kappa shape index (κ2) is 4.26. The van der Waals surface area contributed by atoms with Gasteiger partial charge >= 0.3 is 0 Å². The Kier molecular flexibility index (Phi) is 2.97. The van der Waals surface area contributed by atoms with Gasteiger partial charge < -0.3 is 10.3 Å². The van der Waals surface area contributed by atoms with Crippen molar-refractivity contribution in [2.45, 2.75) is 39.8 Å². The van der Waals surface area contributed by atoms with Crippen molar-refractivity contribution in [3.8, 4) is 0 Å². The Labute approximate surface area is 96.3 Å². The number of hydrogen-bond donors (Lipinski definition) is 1. The van der Waals surface area contributed by atoms with Gasteiger partial charge in [0.2, 0.25) is 0 Å². The molecule has 0 aliphatic heterocycles. The fraction of sp³-hybridized carbons (Fsp3) is 0.462. The Morgan fingerprint density at radius 1 is 1.44 bits per heavy atom. The molecule has 0 amide bonds. The van der Waals surface area contributed by atoms with Gasteiger partial charge in [0, 0.05) is 12.6 Å². The van der Waals surface area contributed by atoms with Crippen molar-refractivity contribution in [1.82, 2.24) is 9.55 Å². The summed E-state index contributed by atoms with van der Waals surface area (Å²) in [6.45, 7) is 7.06. The molecule has 0 saturated carbocycles. The summed E-state index contributed by atoms with van der Waals surface area (Å²) in [6, 6.07) is 6.79. The molecule has 1 aromatic heterocycles. The van der Waals surface area contributed by atoms with E-state index >= 15 is 0 Å². The minimum absolute atomic E-state index is 0.494. The lowest BCUT2D eigenvalue weighted by Crippen LogP contribution is -2.05. The number of aryl methyl sites for hydroxylation is 1. The van der Waals surface area contributed by atoms with Crippen LogP contribution in [0.1, 0.15) is 37.7 Å². The molecule has 86 valence electrons. The topological polar surface area (TPSA) is 43.8 Å². The maximum atomic E-state index is 5.64. The van der Waals surface area contributed by atoms with Crippen LogP contribution in [0.3, 0.4) is 0 Å². The van der Waals surface area contributed by atoms with Gasteiger partial charge in [0.05, 0.1) is 11.0 Å². The summed E-state index contributed by atoms with van der Waals surface area (Å²) in [4.78, 5) is 4.60. The van der Waals surface area contributed by atoms with Crippen LogP contribution in [0.5, 0.6) is 0 Å². The standard InChI is InChI=1S/C13H19N3/c1-4-9(2)16-10(3)15-12-7-11(8-14)5-6-13(12)16/h5-7,9H,4,8,14H2,1-3H3. The average molecular weight is 217 g/mol. The highest BCUT2D eigenvalue weighted by Crippen LogP contribution is 2.23. The van der Waals surface area contributed by atoms with E-state index in [9.17, 15) is 0 Å². The van der Waals surface area contributed by atoms with Gasteiger partial charge in [-0.3, -0.25) is 0 Å². The molecule has 2 rings (SSSR count). The van der Waals surface area contributed by atoms with Crippen LogP contribution in [0.25, 0.3) is 11.0 Å². The summed E-state index contributed by atoms with van der Waals surface area (Å²) >= 11 is 0. The molecule has 0 spiro atoms. The Hall–Kier alpha value is -1.35. The minimum Gasteiger partial charge on any atom is -0.326 e. The van der Waals surface area contributed by atoms with Crippen LogP contribution < -0.4 is 5.73 Å². The zero-order valence-corrected chi connectivity index (χ0v) is 10.2. The highest BCUT2D eigenvalue weighted by Gasteiger charge is 2.11. The van der Waals surface area contributed by atoms with Crippen LogP contribution in [0, 0.1) is 6.92 Å². The van der Waals surface area contributed by atoms with E-state index in [4.69, 9.17) is 5.73 Å². The summed E-state index contributed by atoms with van der Waals surface area (Å²) in [5.41, 5.74) is 9.05. The Morgan fingerprint density at radius 3 is 2.81 bits per heavy atom. The van der Waals surface area contributed by atoms with Crippen LogP contribution in [0.4, 0.5) is 0 Å². The second-order valence-electron chi connectivity index (χ2n) is 4.31. The van der Waals surface area contributed by atoms with E-state index in [0.29, 0.717) is 12.6 Å². The predicted octanol–water partition coefficient (Wildman–Crippen LogP) is 2.77. The molecule has 0 saturated heterocycles. The van der Waals surface area contributed by atoms with Crippen molar-refractivity contribution >= 4 is 11.0 Å². The molecule has 1 heterocycles. The van der Waals surface area contributed by atoms with Crippen molar-refractivity contribution < 1.29 is 0 Å². The summed E-state index contributed by atoms with van der Waals surface area (Å²) in [6.07, 6.45) is 1.12. The van der Waals surface area contributed by atoms with E-state index in [1.165, 1.54) is 5.52 Å². The van der Waals surface area contributed by atoms with E-state index < -0.39 is 0 Å². The first kappa shape index (κ1) is 11.1. The van der Waals surface area contributed by atoms with Gasteiger partial charge in [-0.2, -0.15) is 0 Å². The largest absolute Gasteiger partial charge is 0.326 e. The van der Waals surface area contributed by atoms with Gasteiger partial charge in [0.15, 0.2) is 0 Å². The minimum atomic E-state index is 0.494. The number of nitrogens with two attached hydrogens (primary N) is 1. The fourth-order valence-electron chi connectivity index (χ4n) is 2.13. The molecule has 3 heteroatoms. The second-order valence-corrected chi connectivity index (χ2v) is 4.31. The zero-order chi connectivity index (χ0) is 11.7. The van der Waals surface area contributed by atoms with Crippen LogP contribution in [-0.2, 0) is 6.54 Å². The van der Waals surface area contributed by atoms with Gasteiger partial charge in [-0.15, -0.1) is 0 Å². The summed E-state index contributed by atoms with van der Waals surface area (Å²) in [5, 5.41) is 0. The van der Waals surface area contributed by atoms with Crippen molar-refractivity contribution in [3.63, 3.8) is 0 Å². The van der Waals surface area contributed by atoms with E-state index in [0.717, 1.165) is 23.3 Å². The molecule has 2 N–H and O–H groups in total. The van der Waals surface area contributed by atoms with Crippen LogP contribution >= 0.6 is 0 Å². The van der Waals surface area contributed by atoms with Gasteiger partial charge in [-0.1, -0.05) is 13.0 Å². The number of nitrogens with zero attached hydrogens (tertiary/aromatic N) is 2. The van der Waals surface area contributed by atoms with Gasteiger partial charge in [-0.05, 0) is 38.0 Å². The van der Waals surface area contributed by atoms with Crippen molar-refractivity contribution in [1.29, 1.82) is 0 Å². The number of fused-ring (bicyclic) bond motifs is 1. The quantitative estimate of drug-likeness (QED) is 0.859. The molecular weight excluding hydrogens is 198 g/mol. The fourth-order valence-corrected chi connectivity index (χ4v) is 2.13. The van der Waals surface area contributed by atoms with Crippen LogP contribution in [-0.4, -0.2) is 9.55 Å². The lowest BCUT2D eigenvalue weighted by atomic mass is 10.2. The molecule has 0 bridgehead atoms. The summed E-state index contributed by atoms with van der Waals surface area (Å²) < 4.78 is 2.30. The number of rotatable bonds is 3. The number of hydrogen-bond acceptors (Lipinski definition) is 2. The van der Waals surface area contributed by atoms with Gasteiger partial charge in [-0.25, -0.2) is 4.98 Å². The molecule has 1 unspecified atom stereocenters. The predicted molar refractivity (Wildman–Crippen MR) is 67.4 cm³/mol. The van der Waals surface area contributed by atoms with Crippen molar-refractivity contribution in [2.75, 3.05) is 0 Å². The maximum Gasteiger partial charge on any atom is 0.106 e. The third kappa shape index (κ3) is 1.71. The van der Waals surface area contributed by atoms with Crippen molar-refractivity contribution in [2.24, 2.45) is 5.73 Å². The SMILES string of the molecule is CCC(C)n1c(C)nc2cc(CN)ccc21. The lowest BCUT2D eigenvalue weighted by molar-refractivity contribution is 0.532. The van der Waals surface area contributed by atoms with Crippen LogP contribution in [0.15, 0.2) is 18.2 Å². The maximum absolute atomic E-state index is 5.64. The molecule has 1 atom stereocenters. The molecule has 3 nitrogen and oxygen atoms in total. The molecule has 16 heavy (non-hydrogen) atoms.